The fourth-order valence-electron chi connectivity index (χ4n) is 1.90. The molecule has 0 spiro atoms. The fraction of sp³-hybridized carbons (Fsp3) is 0.286. The van der Waals surface area contributed by atoms with Gasteiger partial charge in [0.1, 0.15) is 0 Å². The Labute approximate surface area is 138 Å². The zero-order chi connectivity index (χ0) is 17.1. The Balaban J connectivity index is 2.12. The van der Waals surface area contributed by atoms with Gasteiger partial charge in [0.05, 0.1) is 11.4 Å². The molecule has 1 heterocycles. The normalized spacial score (nSPS) is 17.5. The summed E-state index contributed by atoms with van der Waals surface area (Å²) in [6, 6.07) is 6.07. The number of carbonyl (C=O) groups is 2. The third-order valence-electron chi connectivity index (χ3n) is 3.30. The first-order chi connectivity index (χ1) is 10.8. The zero-order valence-electron chi connectivity index (χ0n) is 12.9. The third kappa shape index (κ3) is 3.57. The lowest BCUT2D eigenvalue weighted by atomic mass is 10.2. The highest BCUT2D eigenvalue weighted by Crippen LogP contribution is 2.21. The van der Waals surface area contributed by atoms with Gasteiger partial charge in [-0.2, -0.15) is 20.3 Å². The van der Waals surface area contributed by atoms with Crippen molar-refractivity contribution in [1.29, 1.82) is 0 Å². The summed E-state index contributed by atoms with van der Waals surface area (Å²) in [5.74, 6) is -0.493. The van der Waals surface area contributed by atoms with Gasteiger partial charge in [0, 0.05) is 19.7 Å². The maximum atomic E-state index is 12.0. The molecular weight excluding hydrogens is 316 g/mol. The van der Waals surface area contributed by atoms with Crippen molar-refractivity contribution >= 4 is 46.2 Å². The highest BCUT2D eigenvalue weighted by atomic mass is 32.1. The molecule has 0 aromatic heterocycles. The van der Waals surface area contributed by atoms with E-state index in [0.29, 0.717) is 11.4 Å². The smallest absolute Gasteiger partial charge is 0.282 e. The lowest BCUT2D eigenvalue weighted by Crippen LogP contribution is -2.37. The summed E-state index contributed by atoms with van der Waals surface area (Å²) < 4.78 is 0. The predicted octanol–water partition coefficient (Wildman–Crippen LogP) is 1.58. The molecule has 1 atom stereocenters. The predicted molar refractivity (Wildman–Crippen MR) is 90.6 cm³/mol. The van der Waals surface area contributed by atoms with E-state index >= 15 is 0 Å². The average Bonchev–Trinajstić information content (AvgIpc) is 2.80. The number of carbonyl (C=O) groups excluding carboxylic acids is 2. The van der Waals surface area contributed by atoms with E-state index in [1.165, 1.54) is 11.8 Å². The van der Waals surface area contributed by atoms with Crippen molar-refractivity contribution in [3.8, 4) is 0 Å². The molecule has 120 valence electrons. The summed E-state index contributed by atoms with van der Waals surface area (Å²) >= 11 is 4.75. The highest BCUT2D eigenvalue weighted by molar-refractivity contribution is 7.80. The van der Waals surface area contributed by atoms with Crippen LogP contribution in [0.15, 0.2) is 39.6 Å². The summed E-state index contributed by atoms with van der Waals surface area (Å²) in [7, 11) is 1.68. The molecular formula is C14H16N6O2S. The molecule has 0 saturated heterocycles. The number of azo groups is 1. The van der Waals surface area contributed by atoms with Crippen LogP contribution in [-0.4, -0.2) is 40.7 Å². The van der Waals surface area contributed by atoms with E-state index in [1.807, 2.05) is 0 Å². The van der Waals surface area contributed by atoms with Gasteiger partial charge in [-0.1, -0.05) is 0 Å². The van der Waals surface area contributed by atoms with E-state index < -0.39 is 11.9 Å². The molecule has 0 fully saturated rings. The summed E-state index contributed by atoms with van der Waals surface area (Å²) in [6.45, 7) is 3.14. The SMILES string of the molecule is CC(=O)N(C)c1ccc(N=N[C@H]2C(=O)N(C(N)=S)N=C2C)cc1. The number of hydrazone groups is 1. The Hall–Kier alpha value is -2.68. The largest absolute Gasteiger partial charge is 0.374 e. The van der Waals surface area contributed by atoms with E-state index in [0.717, 1.165) is 10.7 Å². The van der Waals surface area contributed by atoms with Crippen LogP contribution in [0.25, 0.3) is 0 Å². The quantitative estimate of drug-likeness (QED) is 0.670. The van der Waals surface area contributed by atoms with Gasteiger partial charge in [-0.3, -0.25) is 9.59 Å². The minimum atomic E-state index is -0.823. The van der Waals surface area contributed by atoms with Crippen LogP contribution >= 0.6 is 12.2 Å². The van der Waals surface area contributed by atoms with Crippen molar-refractivity contribution in [3.63, 3.8) is 0 Å². The Bertz CT molecular complexity index is 712. The number of anilines is 1. The number of hydrogen-bond acceptors (Lipinski definition) is 6. The first-order valence-corrected chi connectivity index (χ1v) is 7.16. The summed E-state index contributed by atoms with van der Waals surface area (Å²) in [6.07, 6.45) is 0. The lowest BCUT2D eigenvalue weighted by Gasteiger charge is -2.14. The Morgan fingerprint density at radius 1 is 1.39 bits per heavy atom. The topological polar surface area (TPSA) is 104 Å². The molecule has 0 bridgehead atoms. The van der Waals surface area contributed by atoms with E-state index in [-0.39, 0.29) is 11.0 Å². The van der Waals surface area contributed by atoms with Crippen molar-refractivity contribution in [2.75, 3.05) is 11.9 Å². The van der Waals surface area contributed by atoms with Gasteiger partial charge in [-0.25, -0.2) is 0 Å². The van der Waals surface area contributed by atoms with Crippen molar-refractivity contribution in [1.82, 2.24) is 5.01 Å². The lowest BCUT2D eigenvalue weighted by molar-refractivity contribution is -0.126. The Morgan fingerprint density at radius 2 is 2.00 bits per heavy atom. The van der Waals surface area contributed by atoms with Crippen molar-refractivity contribution < 1.29 is 9.59 Å². The van der Waals surface area contributed by atoms with Gasteiger partial charge in [0.15, 0.2) is 11.2 Å². The molecule has 1 aliphatic heterocycles. The summed E-state index contributed by atoms with van der Waals surface area (Å²) in [4.78, 5) is 24.8. The van der Waals surface area contributed by atoms with E-state index in [9.17, 15) is 9.59 Å². The zero-order valence-corrected chi connectivity index (χ0v) is 13.7. The minimum Gasteiger partial charge on any atom is -0.374 e. The van der Waals surface area contributed by atoms with Crippen molar-refractivity contribution in [2.45, 2.75) is 19.9 Å². The fourth-order valence-corrected chi connectivity index (χ4v) is 2.03. The molecule has 1 aromatic rings. The van der Waals surface area contributed by atoms with Gasteiger partial charge < -0.3 is 10.6 Å². The van der Waals surface area contributed by atoms with E-state index in [2.05, 4.69) is 15.3 Å². The van der Waals surface area contributed by atoms with Crippen molar-refractivity contribution in [3.05, 3.63) is 24.3 Å². The Morgan fingerprint density at radius 3 is 2.48 bits per heavy atom. The number of benzene rings is 1. The van der Waals surface area contributed by atoms with E-state index in [1.54, 1.807) is 38.2 Å². The molecule has 2 N–H and O–H groups in total. The molecule has 9 heteroatoms. The molecule has 0 radical (unpaired) electrons. The number of thiocarbonyl (C=S) groups is 1. The molecule has 2 amide bonds. The second-order valence-electron chi connectivity index (χ2n) is 4.94. The van der Waals surface area contributed by atoms with Crippen LogP contribution in [0.2, 0.25) is 0 Å². The summed E-state index contributed by atoms with van der Waals surface area (Å²) in [5.41, 5.74) is 7.18. The monoisotopic (exact) mass is 332 g/mol. The standard InChI is InChI=1S/C14H16N6O2S/c1-8-12(13(22)20(18-8)14(15)23)17-16-10-4-6-11(7-5-10)19(3)9(2)21/h4-7,12H,1-3H3,(H2,15,23)/t12-/m1/s1. The van der Waals surface area contributed by atoms with Crippen LogP contribution < -0.4 is 10.6 Å². The maximum Gasteiger partial charge on any atom is 0.282 e. The molecule has 0 saturated carbocycles. The van der Waals surface area contributed by atoms with Crippen LogP contribution in [-0.2, 0) is 9.59 Å². The second kappa shape index (κ2) is 6.61. The molecule has 8 nitrogen and oxygen atoms in total. The minimum absolute atomic E-state index is 0.0689. The number of rotatable bonds is 3. The molecule has 23 heavy (non-hydrogen) atoms. The van der Waals surface area contributed by atoms with Crippen LogP contribution in [0.5, 0.6) is 0 Å². The van der Waals surface area contributed by atoms with E-state index in [4.69, 9.17) is 18.0 Å². The molecule has 0 aliphatic carbocycles. The van der Waals surface area contributed by atoms with Crippen molar-refractivity contribution in [2.24, 2.45) is 21.1 Å². The van der Waals surface area contributed by atoms with Crippen LogP contribution in [0.1, 0.15) is 13.8 Å². The number of nitrogens with two attached hydrogens (primary N) is 1. The summed E-state index contributed by atoms with van der Waals surface area (Å²) in [5, 5.41) is 12.8. The third-order valence-corrected chi connectivity index (χ3v) is 3.48. The van der Waals surface area contributed by atoms with Gasteiger partial charge >= 0.3 is 0 Å². The molecule has 1 aromatic carbocycles. The second-order valence-corrected chi connectivity index (χ2v) is 5.36. The van der Waals surface area contributed by atoms with Crippen LogP contribution in [0.3, 0.4) is 0 Å². The van der Waals surface area contributed by atoms with Gasteiger partial charge in [-0.05, 0) is 43.4 Å². The first-order valence-electron chi connectivity index (χ1n) is 6.75. The molecule has 1 aliphatic rings. The first kappa shape index (κ1) is 16.7. The van der Waals surface area contributed by atoms with Gasteiger partial charge in [-0.15, -0.1) is 0 Å². The maximum absolute atomic E-state index is 12.0. The number of amides is 2. The molecule has 2 rings (SSSR count). The van der Waals surface area contributed by atoms with Crippen LogP contribution in [0.4, 0.5) is 11.4 Å². The molecule has 0 unspecified atom stereocenters. The highest BCUT2D eigenvalue weighted by Gasteiger charge is 2.35. The number of nitrogens with zero attached hydrogens (tertiary/aromatic N) is 5. The number of hydrogen-bond donors (Lipinski definition) is 1. The van der Waals surface area contributed by atoms with Gasteiger partial charge in [0.2, 0.25) is 5.91 Å². The average molecular weight is 332 g/mol. The Kier molecular flexibility index (Phi) is 4.80. The van der Waals surface area contributed by atoms with Gasteiger partial charge in [0.25, 0.3) is 5.91 Å². The van der Waals surface area contributed by atoms with Crippen LogP contribution in [0, 0.1) is 0 Å².